The molecule has 2 N–H and O–H groups in total. The Balaban J connectivity index is 1.14. The molecule has 2 aliphatic carbocycles. The molecule has 0 amide bonds. The molecule has 0 bridgehead atoms. The van der Waals surface area contributed by atoms with Crippen molar-refractivity contribution in [2.75, 3.05) is 5.32 Å². The summed E-state index contributed by atoms with van der Waals surface area (Å²) in [4.78, 5) is 7.92. The van der Waals surface area contributed by atoms with Crippen molar-refractivity contribution in [2.24, 2.45) is 0 Å². The van der Waals surface area contributed by atoms with E-state index in [2.05, 4.69) is 210 Å². The summed E-state index contributed by atoms with van der Waals surface area (Å²) in [6, 6.07) is 46.5. The fourth-order valence-corrected chi connectivity index (χ4v) is 11.1. The number of nitrogens with zero attached hydrogens (tertiary/aromatic N) is 2. The summed E-state index contributed by atoms with van der Waals surface area (Å²) in [5, 5.41) is 6.41. The highest BCUT2D eigenvalue weighted by Gasteiger charge is 2.41. The molecule has 4 unspecified atom stereocenters. The Labute approximate surface area is 384 Å². The van der Waals surface area contributed by atoms with Gasteiger partial charge in [-0.05, 0) is 155 Å². The van der Waals surface area contributed by atoms with Crippen LogP contribution in [0.2, 0.25) is 0 Å². The van der Waals surface area contributed by atoms with Gasteiger partial charge in [0.15, 0.2) is 0 Å². The number of fused-ring (bicyclic) bond motifs is 4. The van der Waals surface area contributed by atoms with Crippen LogP contribution in [0.3, 0.4) is 0 Å². The molecule has 2 aliphatic rings. The molecule has 0 saturated carbocycles. The number of nitrogens with one attached hydrogen (secondary N) is 2. The standard InChI is InChI=1S/C61H60N4/c1-35-36(2)50-32-53-52-29-42(40-15-21-45(22-16-40)61(8,9)10)18-24-55(52)65(47-12-11-26-62-34-47)59(53)56-38(4)37(3)49-31-43(30-48(35)57(49)58(50)56)51-28-41(17-23-54(51)64-46-25-27-63-33-46)39-13-19-44(20-14-39)60(5,6)7/h11-38,63-64H,1-10H3. The lowest BCUT2D eigenvalue weighted by Gasteiger charge is -2.42. The van der Waals surface area contributed by atoms with Crippen molar-refractivity contribution >= 4 is 33.2 Å². The second-order valence-electron chi connectivity index (χ2n) is 21.3. The zero-order valence-electron chi connectivity index (χ0n) is 39.6. The molecule has 4 atom stereocenters. The van der Waals surface area contributed by atoms with Crippen LogP contribution in [-0.4, -0.2) is 14.5 Å². The SMILES string of the molecule is CC1c2cc(-c3cc(-c4ccc(C(C)(C)C)cc4)ccc3Nc3cc[nH]c3)cc3c2-c2c(cc4c5cc(-c6ccc(C(C)(C)C)cc6)ccc5n(-c5cccnc5)c4c2C(C)C3C)C1C. The third-order valence-electron chi connectivity index (χ3n) is 15.3. The minimum atomic E-state index is 0.0999. The van der Waals surface area contributed by atoms with Gasteiger partial charge < -0.3 is 14.9 Å². The lowest BCUT2D eigenvalue weighted by atomic mass is 9.62. The summed E-state index contributed by atoms with van der Waals surface area (Å²) in [5.41, 5.74) is 24.9. The molecule has 0 radical (unpaired) electrons. The van der Waals surface area contributed by atoms with Gasteiger partial charge in [-0.25, -0.2) is 0 Å². The van der Waals surface area contributed by atoms with E-state index < -0.39 is 0 Å². The maximum Gasteiger partial charge on any atom is 0.0645 e. The minimum absolute atomic E-state index is 0.0999. The van der Waals surface area contributed by atoms with Crippen molar-refractivity contribution in [3.8, 4) is 50.2 Å². The summed E-state index contributed by atoms with van der Waals surface area (Å²) in [5.74, 6) is 1.18. The number of rotatable bonds is 6. The number of hydrogen-bond acceptors (Lipinski definition) is 2. The number of H-pyrrole nitrogens is 1. The predicted octanol–water partition coefficient (Wildman–Crippen LogP) is 17.0. The number of aromatic amines is 1. The van der Waals surface area contributed by atoms with Gasteiger partial charge in [-0.3, -0.25) is 4.98 Å². The fraction of sp³-hybridized carbons (Fsp3) is 0.262. The summed E-state index contributed by atoms with van der Waals surface area (Å²) < 4.78 is 2.52. The zero-order chi connectivity index (χ0) is 45.1. The average Bonchev–Trinajstić information content (AvgIpc) is 3.94. The van der Waals surface area contributed by atoms with E-state index in [1.165, 1.54) is 99.7 Å². The Morgan fingerprint density at radius 1 is 0.554 bits per heavy atom. The van der Waals surface area contributed by atoms with Gasteiger partial charge in [0.05, 0.1) is 28.6 Å². The Morgan fingerprint density at radius 3 is 1.72 bits per heavy atom. The largest absolute Gasteiger partial charge is 0.366 e. The number of hydrogen-bond donors (Lipinski definition) is 2. The first kappa shape index (κ1) is 41.1. The first-order valence-corrected chi connectivity index (χ1v) is 23.7. The van der Waals surface area contributed by atoms with Crippen molar-refractivity contribution < 1.29 is 0 Å². The number of pyridine rings is 1. The van der Waals surface area contributed by atoms with Crippen molar-refractivity contribution in [2.45, 2.75) is 104 Å². The van der Waals surface area contributed by atoms with Crippen LogP contribution in [0.1, 0.15) is 126 Å². The monoisotopic (exact) mass is 848 g/mol. The van der Waals surface area contributed by atoms with Crippen LogP contribution < -0.4 is 5.32 Å². The molecule has 65 heavy (non-hydrogen) atoms. The second kappa shape index (κ2) is 15.0. The van der Waals surface area contributed by atoms with Gasteiger partial charge in [-0.1, -0.05) is 142 Å². The van der Waals surface area contributed by atoms with E-state index >= 15 is 0 Å². The molecule has 4 nitrogen and oxygen atoms in total. The summed E-state index contributed by atoms with van der Waals surface area (Å²) in [7, 11) is 0. The average molecular weight is 849 g/mol. The lowest BCUT2D eigenvalue weighted by Crippen LogP contribution is -2.23. The molecule has 9 aromatic rings. The molecule has 6 aromatic carbocycles. The number of aromatic nitrogens is 3. The highest BCUT2D eigenvalue weighted by Crippen LogP contribution is 2.60. The van der Waals surface area contributed by atoms with Crippen LogP contribution in [0.15, 0.2) is 146 Å². The molecular formula is C61H60N4. The van der Waals surface area contributed by atoms with Gasteiger partial charge in [0.2, 0.25) is 0 Å². The highest BCUT2D eigenvalue weighted by molar-refractivity contribution is 6.14. The molecule has 324 valence electrons. The number of anilines is 2. The van der Waals surface area contributed by atoms with Crippen molar-refractivity contribution in [3.05, 3.63) is 179 Å². The predicted molar refractivity (Wildman–Crippen MR) is 275 cm³/mol. The molecule has 11 rings (SSSR count). The summed E-state index contributed by atoms with van der Waals surface area (Å²) >= 11 is 0. The van der Waals surface area contributed by atoms with E-state index in [-0.39, 0.29) is 22.7 Å². The van der Waals surface area contributed by atoms with E-state index in [0.29, 0.717) is 11.8 Å². The van der Waals surface area contributed by atoms with Crippen LogP contribution in [0, 0.1) is 0 Å². The van der Waals surface area contributed by atoms with Crippen LogP contribution in [-0.2, 0) is 10.8 Å². The van der Waals surface area contributed by atoms with Gasteiger partial charge >= 0.3 is 0 Å². The molecule has 0 fully saturated rings. The van der Waals surface area contributed by atoms with Crippen molar-refractivity contribution in [1.29, 1.82) is 0 Å². The number of benzene rings is 6. The van der Waals surface area contributed by atoms with Crippen LogP contribution in [0.4, 0.5) is 11.4 Å². The first-order valence-electron chi connectivity index (χ1n) is 23.7. The Kier molecular flexibility index (Phi) is 9.45. The fourth-order valence-electron chi connectivity index (χ4n) is 11.1. The third kappa shape index (κ3) is 6.67. The molecule has 0 aliphatic heterocycles. The Hall–Kier alpha value is -6.65. The van der Waals surface area contributed by atoms with Gasteiger partial charge in [0.1, 0.15) is 0 Å². The zero-order valence-corrected chi connectivity index (χ0v) is 39.6. The normalized spacial score (nSPS) is 18.0. The second-order valence-corrected chi connectivity index (χ2v) is 21.3. The third-order valence-corrected chi connectivity index (χ3v) is 15.3. The molecule has 3 heterocycles. The smallest absolute Gasteiger partial charge is 0.0645 e. The molecule has 0 saturated heterocycles. The van der Waals surface area contributed by atoms with E-state index in [0.717, 1.165) is 17.1 Å². The maximum atomic E-state index is 4.67. The van der Waals surface area contributed by atoms with Gasteiger partial charge in [-0.2, -0.15) is 0 Å². The van der Waals surface area contributed by atoms with E-state index in [4.69, 9.17) is 0 Å². The van der Waals surface area contributed by atoms with Crippen molar-refractivity contribution in [1.82, 2.24) is 14.5 Å². The summed E-state index contributed by atoms with van der Waals surface area (Å²) in [6.07, 6.45) is 7.92. The summed E-state index contributed by atoms with van der Waals surface area (Å²) in [6.45, 7) is 23.6. The minimum Gasteiger partial charge on any atom is -0.366 e. The maximum absolute atomic E-state index is 4.67. The van der Waals surface area contributed by atoms with Crippen molar-refractivity contribution in [3.63, 3.8) is 0 Å². The molecule has 3 aromatic heterocycles. The molecule has 0 spiro atoms. The lowest BCUT2D eigenvalue weighted by molar-refractivity contribution is 0.582. The molecular weight excluding hydrogens is 789 g/mol. The Morgan fingerprint density at radius 2 is 1.14 bits per heavy atom. The topological polar surface area (TPSA) is 45.6 Å². The van der Waals surface area contributed by atoms with Crippen LogP contribution in [0.25, 0.3) is 72.0 Å². The van der Waals surface area contributed by atoms with E-state index in [1.54, 1.807) is 0 Å². The van der Waals surface area contributed by atoms with Crippen LogP contribution >= 0.6 is 0 Å². The Bertz CT molecular complexity index is 3260. The van der Waals surface area contributed by atoms with Crippen LogP contribution in [0.5, 0.6) is 0 Å². The molecule has 4 heteroatoms. The quantitative estimate of drug-likeness (QED) is 0.175. The van der Waals surface area contributed by atoms with Gasteiger partial charge in [-0.15, -0.1) is 0 Å². The highest BCUT2D eigenvalue weighted by atomic mass is 15.0. The van der Waals surface area contributed by atoms with E-state index in [9.17, 15) is 0 Å². The van der Waals surface area contributed by atoms with E-state index in [1.807, 2.05) is 24.8 Å². The first-order chi connectivity index (χ1) is 31.2. The van der Waals surface area contributed by atoms with Gasteiger partial charge in [0, 0.05) is 40.6 Å². The van der Waals surface area contributed by atoms with Gasteiger partial charge in [0.25, 0.3) is 0 Å².